The number of aryl methyl sites for hydroxylation is 2. The Morgan fingerprint density at radius 1 is 1.00 bits per heavy atom. The molecule has 8 nitrogen and oxygen atoms in total. The maximum atomic E-state index is 12.3. The zero-order valence-corrected chi connectivity index (χ0v) is 21.0. The number of hydrogen-bond donors (Lipinski definition) is 2. The van der Waals surface area contributed by atoms with E-state index in [-0.39, 0.29) is 12.1 Å². The van der Waals surface area contributed by atoms with Crippen LogP contribution in [0.5, 0.6) is 0 Å². The van der Waals surface area contributed by atoms with Crippen molar-refractivity contribution in [2.75, 3.05) is 18.1 Å². The molecule has 0 saturated heterocycles. The third-order valence-corrected chi connectivity index (χ3v) is 6.94. The Bertz CT molecular complexity index is 1500. The van der Waals surface area contributed by atoms with E-state index in [1.54, 1.807) is 0 Å². The van der Waals surface area contributed by atoms with Gasteiger partial charge in [-0.05, 0) is 37.1 Å². The molecule has 180 valence electrons. The van der Waals surface area contributed by atoms with Gasteiger partial charge in [0.1, 0.15) is 0 Å². The van der Waals surface area contributed by atoms with Crippen LogP contribution in [0.25, 0.3) is 22.4 Å². The van der Waals surface area contributed by atoms with Crippen LogP contribution in [-0.2, 0) is 14.8 Å². The number of carbonyl (C=O) groups is 2. The quantitative estimate of drug-likeness (QED) is 0.391. The second-order valence-electron chi connectivity index (χ2n) is 8.22. The van der Waals surface area contributed by atoms with Crippen molar-refractivity contribution < 1.29 is 18.0 Å². The third kappa shape index (κ3) is 6.03. The molecule has 2 aromatic heterocycles. The van der Waals surface area contributed by atoms with Gasteiger partial charge in [-0.2, -0.15) is 0 Å². The molecule has 2 amide bonds. The van der Waals surface area contributed by atoms with Gasteiger partial charge in [0, 0.05) is 23.3 Å². The Morgan fingerprint density at radius 2 is 1.71 bits per heavy atom. The molecular weight excluding hydrogens is 484 g/mol. The van der Waals surface area contributed by atoms with Crippen LogP contribution >= 0.6 is 11.3 Å². The lowest BCUT2D eigenvalue weighted by Crippen LogP contribution is -2.32. The van der Waals surface area contributed by atoms with Crippen LogP contribution in [0.1, 0.15) is 21.5 Å². The summed E-state index contributed by atoms with van der Waals surface area (Å²) in [5.74, 6) is -0.989. The zero-order chi connectivity index (χ0) is 25.2. The monoisotopic (exact) mass is 508 g/mol. The predicted molar refractivity (Wildman–Crippen MR) is 138 cm³/mol. The molecular formula is C25H24N4O4S2. The molecule has 4 rings (SSSR count). The molecule has 0 radical (unpaired) electrons. The van der Waals surface area contributed by atoms with E-state index < -0.39 is 21.8 Å². The number of carbonyl (C=O) groups excluding carboxylic acids is 2. The Labute approximate surface area is 207 Å². The van der Waals surface area contributed by atoms with Crippen molar-refractivity contribution >= 4 is 38.3 Å². The van der Waals surface area contributed by atoms with Crippen LogP contribution in [0.2, 0.25) is 0 Å². The first-order chi connectivity index (χ1) is 16.6. The van der Waals surface area contributed by atoms with Crippen molar-refractivity contribution in [1.29, 1.82) is 0 Å². The Kier molecular flexibility index (Phi) is 6.86. The minimum atomic E-state index is -3.48. The number of aromatic nitrogens is 2. The van der Waals surface area contributed by atoms with Crippen molar-refractivity contribution in [3.63, 3.8) is 0 Å². The van der Waals surface area contributed by atoms with Crippen molar-refractivity contribution in [2.45, 2.75) is 13.8 Å². The summed E-state index contributed by atoms with van der Waals surface area (Å²) in [6.07, 6.45) is 3.50. The second-order valence-corrected chi connectivity index (χ2v) is 11.0. The molecule has 0 atom stereocenters. The Balaban J connectivity index is 1.39. The van der Waals surface area contributed by atoms with Gasteiger partial charge in [-0.25, -0.2) is 13.4 Å². The molecule has 4 aromatic rings. The molecule has 2 aromatic carbocycles. The number of nitrogens with zero attached hydrogens (tertiary/aromatic N) is 2. The van der Waals surface area contributed by atoms with Crippen molar-refractivity contribution in [3.8, 4) is 22.4 Å². The lowest BCUT2D eigenvalue weighted by Gasteiger charge is -2.07. The first kappa shape index (κ1) is 24.4. The Hall–Kier alpha value is -3.76. The van der Waals surface area contributed by atoms with Crippen LogP contribution in [0, 0.1) is 13.8 Å². The average molecular weight is 509 g/mol. The average Bonchev–Trinajstić information content (AvgIpc) is 3.47. The van der Waals surface area contributed by atoms with Gasteiger partial charge in [-0.15, -0.1) is 11.3 Å². The molecule has 0 unspecified atom stereocenters. The maximum absolute atomic E-state index is 12.3. The largest absolute Gasteiger partial charge is 0.343 e. The summed E-state index contributed by atoms with van der Waals surface area (Å²) in [6.45, 7) is 3.87. The predicted octanol–water partition coefficient (Wildman–Crippen LogP) is 4.07. The highest BCUT2D eigenvalue weighted by atomic mass is 32.2. The fourth-order valence-corrected chi connectivity index (χ4v) is 4.93. The van der Waals surface area contributed by atoms with Crippen molar-refractivity contribution in [1.82, 2.24) is 14.3 Å². The van der Waals surface area contributed by atoms with E-state index in [0.717, 1.165) is 32.6 Å². The fourth-order valence-electron chi connectivity index (χ4n) is 3.61. The maximum Gasteiger partial charge on any atom is 0.253 e. The minimum Gasteiger partial charge on any atom is -0.343 e. The third-order valence-electron chi connectivity index (χ3n) is 5.19. The number of anilines is 1. The van der Waals surface area contributed by atoms with E-state index in [1.807, 2.05) is 17.5 Å². The second kappa shape index (κ2) is 9.85. The van der Waals surface area contributed by atoms with Crippen LogP contribution in [0.15, 0.2) is 66.3 Å². The first-order valence-corrected chi connectivity index (χ1v) is 13.4. The van der Waals surface area contributed by atoms with Gasteiger partial charge in [0.05, 0.1) is 24.1 Å². The van der Waals surface area contributed by atoms with E-state index in [9.17, 15) is 18.0 Å². The van der Waals surface area contributed by atoms with E-state index in [0.29, 0.717) is 5.13 Å². The summed E-state index contributed by atoms with van der Waals surface area (Å²) >= 11 is 1.29. The van der Waals surface area contributed by atoms with Gasteiger partial charge in [0.25, 0.3) is 5.91 Å². The molecule has 0 fully saturated rings. The molecule has 35 heavy (non-hydrogen) atoms. The van der Waals surface area contributed by atoms with Crippen LogP contribution < -0.4 is 10.6 Å². The van der Waals surface area contributed by atoms with Gasteiger partial charge in [0.15, 0.2) is 5.13 Å². The number of thiazole rings is 1. The number of rotatable bonds is 7. The number of hydrogen-bond acceptors (Lipinski definition) is 6. The molecule has 0 bridgehead atoms. The lowest BCUT2D eigenvalue weighted by molar-refractivity contribution is -0.115. The van der Waals surface area contributed by atoms with E-state index in [1.165, 1.54) is 40.9 Å². The lowest BCUT2D eigenvalue weighted by atomic mass is 9.99. The summed E-state index contributed by atoms with van der Waals surface area (Å²) in [5.41, 5.74) is 6.43. The van der Waals surface area contributed by atoms with Crippen LogP contribution in [0.4, 0.5) is 5.13 Å². The number of nitrogens with one attached hydrogen (secondary N) is 2. The van der Waals surface area contributed by atoms with Gasteiger partial charge in [-0.3, -0.25) is 13.6 Å². The molecule has 0 saturated carbocycles. The summed E-state index contributed by atoms with van der Waals surface area (Å²) in [4.78, 5) is 29.0. The smallest absolute Gasteiger partial charge is 0.253 e. The Morgan fingerprint density at radius 3 is 2.40 bits per heavy atom. The van der Waals surface area contributed by atoms with Gasteiger partial charge in [-0.1, -0.05) is 47.5 Å². The molecule has 0 spiro atoms. The molecule has 0 aliphatic carbocycles. The van der Waals surface area contributed by atoms with Crippen molar-refractivity contribution in [2.24, 2.45) is 0 Å². The van der Waals surface area contributed by atoms with Gasteiger partial charge >= 0.3 is 0 Å². The topological polar surface area (TPSA) is 110 Å². The highest BCUT2D eigenvalue weighted by Crippen LogP contribution is 2.29. The normalized spacial score (nSPS) is 11.3. The minimum absolute atomic E-state index is 0.142. The summed E-state index contributed by atoms with van der Waals surface area (Å²) in [5, 5.41) is 7.44. The molecule has 0 aliphatic heterocycles. The van der Waals surface area contributed by atoms with Gasteiger partial charge < -0.3 is 10.6 Å². The molecule has 2 N–H and O–H groups in total. The van der Waals surface area contributed by atoms with Crippen molar-refractivity contribution in [3.05, 3.63) is 83.0 Å². The molecule has 2 heterocycles. The highest BCUT2D eigenvalue weighted by molar-refractivity contribution is 7.89. The first-order valence-electron chi connectivity index (χ1n) is 10.7. The summed E-state index contributed by atoms with van der Waals surface area (Å²) < 4.78 is 24.0. The summed E-state index contributed by atoms with van der Waals surface area (Å²) in [6, 6.07) is 15.9. The van der Waals surface area contributed by atoms with Crippen LogP contribution in [0.3, 0.4) is 0 Å². The van der Waals surface area contributed by atoms with Crippen LogP contribution in [-0.4, -0.2) is 42.0 Å². The molecule has 0 aliphatic rings. The van der Waals surface area contributed by atoms with E-state index >= 15 is 0 Å². The standard InChI is InChI=1S/C25H24N4O4S2/c1-16-9-17(2)11-21(10-16)18-5-4-6-19(12-18)22-15-34-25(27-22)28-23(30)13-26-24(31)20-7-8-29(14-20)35(3,32)33/h4-12,14-15H,13H2,1-3H3,(H,26,31)(H,27,28,30). The van der Waals surface area contributed by atoms with E-state index in [2.05, 4.69) is 59.8 Å². The number of amides is 2. The SMILES string of the molecule is Cc1cc(C)cc(-c2cccc(-c3csc(NC(=O)CNC(=O)c4ccn(S(C)(=O)=O)c4)n3)c2)c1. The number of benzene rings is 2. The van der Waals surface area contributed by atoms with E-state index in [4.69, 9.17) is 0 Å². The fraction of sp³-hybridized carbons (Fsp3) is 0.160. The molecule has 10 heteroatoms. The van der Waals surface area contributed by atoms with Gasteiger partial charge in [0.2, 0.25) is 15.9 Å². The zero-order valence-electron chi connectivity index (χ0n) is 19.4. The summed E-state index contributed by atoms with van der Waals surface area (Å²) in [7, 11) is -3.48. The highest BCUT2D eigenvalue weighted by Gasteiger charge is 2.14.